The molecule has 0 atom stereocenters. The van der Waals surface area contributed by atoms with E-state index in [9.17, 15) is 4.79 Å². The molecule has 0 saturated heterocycles. The quantitative estimate of drug-likeness (QED) is 0.809. The van der Waals surface area contributed by atoms with Gasteiger partial charge in [-0.2, -0.15) is 0 Å². The molecule has 0 aliphatic heterocycles. The number of carbonyl (C=O) groups is 1. The zero-order valence-corrected chi connectivity index (χ0v) is 11.0. The van der Waals surface area contributed by atoms with Gasteiger partial charge >= 0.3 is 0 Å². The van der Waals surface area contributed by atoms with Crippen LogP contribution >= 0.6 is 15.9 Å². The van der Waals surface area contributed by atoms with Crippen molar-refractivity contribution in [1.82, 2.24) is 0 Å². The molecule has 88 valence electrons. The van der Waals surface area contributed by atoms with Crippen LogP contribution in [0, 0.1) is 0 Å². The highest BCUT2D eigenvalue weighted by Crippen LogP contribution is 2.23. The maximum atomic E-state index is 10.7. The molecule has 1 aromatic carbocycles. The van der Waals surface area contributed by atoms with Crippen LogP contribution in [0.3, 0.4) is 0 Å². The Morgan fingerprint density at radius 3 is 2.82 bits per heavy atom. The molecule has 0 unspecified atom stereocenters. The van der Waals surface area contributed by atoms with Crippen molar-refractivity contribution >= 4 is 27.9 Å². The zero-order valence-electron chi connectivity index (χ0n) is 9.39. The molecule has 2 rings (SSSR count). The molecule has 4 heteroatoms. The maximum absolute atomic E-state index is 10.7. The lowest BCUT2D eigenvalue weighted by atomic mass is 10.2. The summed E-state index contributed by atoms with van der Waals surface area (Å²) in [4.78, 5) is 12.8. The predicted octanol–water partition coefficient (Wildman–Crippen LogP) is 3.49. The van der Waals surface area contributed by atoms with E-state index in [0.29, 0.717) is 12.1 Å². The topological polar surface area (TPSA) is 33.5 Å². The second kappa shape index (κ2) is 5.19. The van der Waals surface area contributed by atoms with Crippen LogP contribution in [0.25, 0.3) is 0 Å². The third kappa shape index (κ3) is 2.77. The molecule has 0 aliphatic carbocycles. The van der Waals surface area contributed by atoms with Gasteiger partial charge in [-0.15, -0.1) is 0 Å². The molecule has 1 heterocycles. The van der Waals surface area contributed by atoms with E-state index in [0.717, 1.165) is 22.2 Å². The van der Waals surface area contributed by atoms with E-state index >= 15 is 0 Å². The number of aldehydes is 1. The average Bonchev–Trinajstić information content (AvgIpc) is 2.81. The molecule has 2 aromatic rings. The number of anilines is 1. The van der Waals surface area contributed by atoms with Crippen LogP contribution in [0.1, 0.15) is 16.1 Å². The molecule has 0 N–H and O–H groups in total. The average molecular weight is 294 g/mol. The number of hydrogen-bond acceptors (Lipinski definition) is 3. The number of nitrogens with zero attached hydrogens (tertiary/aromatic N) is 1. The lowest BCUT2D eigenvalue weighted by Crippen LogP contribution is -2.15. The van der Waals surface area contributed by atoms with Gasteiger partial charge in [0.25, 0.3) is 0 Å². The van der Waals surface area contributed by atoms with Crippen molar-refractivity contribution in [3.8, 4) is 0 Å². The summed E-state index contributed by atoms with van der Waals surface area (Å²) in [5.74, 6) is 0.906. The second-order valence-electron chi connectivity index (χ2n) is 3.76. The maximum Gasteiger partial charge on any atom is 0.151 e. The van der Waals surface area contributed by atoms with Crippen molar-refractivity contribution in [2.75, 3.05) is 11.9 Å². The van der Waals surface area contributed by atoms with Gasteiger partial charge in [0.1, 0.15) is 5.76 Å². The normalized spacial score (nSPS) is 10.2. The Morgan fingerprint density at radius 2 is 2.24 bits per heavy atom. The third-order valence-electron chi connectivity index (χ3n) is 2.52. The van der Waals surface area contributed by atoms with Crippen molar-refractivity contribution in [2.45, 2.75) is 6.54 Å². The first-order valence-electron chi connectivity index (χ1n) is 5.19. The van der Waals surface area contributed by atoms with E-state index in [1.54, 1.807) is 12.3 Å². The van der Waals surface area contributed by atoms with Crippen LogP contribution in [0.2, 0.25) is 0 Å². The number of carbonyl (C=O) groups excluding carboxylic acids is 1. The van der Waals surface area contributed by atoms with Crippen molar-refractivity contribution in [3.05, 3.63) is 52.4 Å². The minimum atomic E-state index is 0.653. The third-order valence-corrected chi connectivity index (χ3v) is 3.21. The molecular formula is C13H12BrNO2. The van der Waals surface area contributed by atoms with Gasteiger partial charge in [-0.3, -0.25) is 4.79 Å². The van der Waals surface area contributed by atoms with Gasteiger partial charge in [-0.25, -0.2) is 0 Å². The van der Waals surface area contributed by atoms with Gasteiger partial charge in [0.2, 0.25) is 0 Å². The van der Waals surface area contributed by atoms with Gasteiger partial charge < -0.3 is 9.32 Å². The fraction of sp³-hybridized carbons (Fsp3) is 0.154. The Hall–Kier alpha value is -1.55. The first-order valence-corrected chi connectivity index (χ1v) is 5.98. The number of halogens is 1. The van der Waals surface area contributed by atoms with Crippen LogP contribution in [-0.4, -0.2) is 13.3 Å². The second-order valence-corrected chi connectivity index (χ2v) is 4.61. The molecule has 0 amide bonds. The Labute approximate surface area is 108 Å². The summed E-state index contributed by atoms with van der Waals surface area (Å²) in [5.41, 5.74) is 1.68. The summed E-state index contributed by atoms with van der Waals surface area (Å²) < 4.78 is 6.09. The molecule has 0 saturated carbocycles. The van der Waals surface area contributed by atoms with E-state index in [4.69, 9.17) is 4.42 Å². The van der Waals surface area contributed by atoms with E-state index in [-0.39, 0.29) is 0 Å². The van der Waals surface area contributed by atoms with Gasteiger partial charge in [0.05, 0.1) is 12.8 Å². The fourth-order valence-electron chi connectivity index (χ4n) is 1.58. The lowest BCUT2D eigenvalue weighted by molar-refractivity contribution is 0.112. The Bertz CT molecular complexity index is 508. The van der Waals surface area contributed by atoms with Gasteiger partial charge in [0, 0.05) is 22.8 Å². The van der Waals surface area contributed by atoms with Crippen molar-refractivity contribution in [2.24, 2.45) is 0 Å². The van der Waals surface area contributed by atoms with E-state index in [1.807, 2.05) is 31.3 Å². The molecule has 17 heavy (non-hydrogen) atoms. The van der Waals surface area contributed by atoms with Crippen LogP contribution in [-0.2, 0) is 6.54 Å². The largest absolute Gasteiger partial charge is 0.467 e. The summed E-state index contributed by atoms with van der Waals surface area (Å²) in [5, 5.41) is 0. The summed E-state index contributed by atoms with van der Waals surface area (Å²) >= 11 is 3.37. The summed E-state index contributed by atoms with van der Waals surface area (Å²) in [6, 6.07) is 9.44. The highest BCUT2D eigenvalue weighted by Gasteiger charge is 2.06. The predicted molar refractivity (Wildman–Crippen MR) is 70.3 cm³/mol. The van der Waals surface area contributed by atoms with Crippen LogP contribution < -0.4 is 4.90 Å². The molecule has 0 bridgehead atoms. The van der Waals surface area contributed by atoms with Crippen molar-refractivity contribution < 1.29 is 9.21 Å². The summed E-state index contributed by atoms with van der Waals surface area (Å²) in [6.45, 7) is 0.694. The Balaban J connectivity index is 2.16. The first-order chi connectivity index (χ1) is 8.20. The lowest BCUT2D eigenvalue weighted by Gasteiger charge is -2.18. The standard InChI is InChI=1S/C13H12BrNO2/c1-15(8-12-3-2-6-17-12)11-5-4-10(9-16)13(14)7-11/h2-7,9H,8H2,1H3. The van der Waals surface area contributed by atoms with E-state index in [1.165, 1.54) is 0 Å². The molecule has 0 fully saturated rings. The van der Waals surface area contributed by atoms with Crippen LogP contribution in [0.5, 0.6) is 0 Å². The number of benzene rings is 1. The molecule has 0 aliphatic rings. The Morgan fingerprint density at radius 1 is 1.41 bits per heavy atom. The number of hydrogen-bond donors (Lipinski definition) is 0. The highest BCUT2D eigenvalue weighted by atomic mass is 79.9. The van der Waals surface area contributed by atoms with Crippen LogP contribution in [0.15, 0.2) is 45.5 Å². The molecular weight excluding hydrogens is 282 g/mol. The van der Waals surface area contributed by atoms with E-state index in [2.05, 4.69) is 20.8 Å². The molecule has 0 radical (unpaired) electrons. The first kappa shape index (κ1) is 11.9. The zero-order chi connectivity index (χ0) is 12.3. The van der Waals surface area contributed by atoms with Gasteiger partial charge in [-0.1, -0.05) is 0 Å². The minimum absolute atomic E-state index is 0.653. The monoisotopic (exact) mass is 293 g/mol. The van der Waals surface area contributed by atoms with Crippen molar-refractivity contribution in [1.29, 1.82) is 0 Å². The Kier molecular flexibility index (Phi) is 3.64. The summed E-state index contributed by atoms with van der Waals surface area (Å²) in [7, 11) is 1.98. The van der Waals surface area contributed by atoms with Crippen molar-refractivity contribution in [3.63, 3.8) is 0 Å². The number of rotatable bonds is 4. The SMILES string of the molecule is CN(Cc1ccco1)c1ccc(C=O)c(Br)c1. The molecule has 3 nitrogen and oxygen atoms in total. The number of furan rings is 1. The highest BCUT2D eigenvalue weighted by molar-refractivity contribution is 9.10. The van der Waals surface area contributed by atoms with Crippen LogP contribution in [0.4, 0.5) is 5.69 Å². The van der Waals surface area contributed by atoms with E-state index < -0.39 is 0 Å². The summed E-state index contributed by atoms with van der Waals surface area (Å²) in [6.07, 6.45) is 2.50. The molecule has 0 spiro atoms. The minimum Gasteiger partial charge on any atom is -0.467 e. The van der Waals surface area contributed by atoms with Gasteiger partial charge in [-0.05, 0) is 46.3 Å². The smallest absolute Gasteiger partial charge is 0.151 e. The fourth-order valence-corrected chi connectivity index (χ4v) is 2.04. The molecule has 1 aromatic heterocycles. The van der Waals surface area contributed by atoms with Gasteiger partial charge in [0.15, 0.2) is 6.29 Å².